The van der Waals surface area contributed by atoms with Gasteiger partial charge in [0.1, 0.15) is 17.4 Å². The number of hydrogen-bond acceptors (Lipinski definition) is 6. The second-order valence-electron chi connectivity index (χ2n) is 8.38. The summed E-state index contributed by atoms with van der Waals surface area (Å²) >= 11 is 0. The molecule has 0 saturated carbocycles. The third-order valence-corrected chi connectivity index (χ3v) is 6.50. The highest BCUT2D eigenvalue weighted by molar-refractivity contribution is 5.79. The summed E-state index contributed by atoms with van der Waals surface area (Å²) < 4.78 is 2.00. The maximum atomic E-state index is 9.91. The second-order valence-corrected chi connectivity index (χ2v) is 8.38. The minimum absolute atomic E-state index is 0.241. The predicted molar refractivity (Wildman–Crippen MR) is 122 cm³/mol. The molecule has 0 bridgehead atoms. The Hall–Kier alpha value is -2.95. The Balaban J connectivity index is 1.61. The summed E-state index contributed by atoms with van der Waals surface area (Å²) in [6, 6.07) is 10.6. The van der Waals surface area contributed by atoms with Gasteiger partial charge in [-0.3, -0.25) is 4.90 Å². The molecule has 0 amide bonds. The molecule has 1 aliphatic rings. The van der Waals surface area contributed by atoms with E-state index in [1.807, 2.05) is 24.9 Å². The maximum absolute atomic E-state index is 9.91. The molecular formula is C24H30N6O. The van der Waals surface area contributed by atoms with Crippen LogP contribution in [-0.4, -0.2) is 51.3 Å². The van der Waals surface area contributed by atoms with Crippen molar-refractivity contribution in [1.82, 2.24) is 19.4 Å². The number of rotatable bonds is 6. The van der Waals surface area contributed by atoms with Crippen molar-refractivity contribution in [1.29, 1.82) is 5.26 Å². The van der Waals surface area contributed by atoms with E-state index in [1.54, 1.807) is 6.33 Å². The first-order valence-corrected chi connectivity index (χ1v) is 10.9. The number of imidazole rings is 1. The van der Waals surface area contributed by atoms with E-state index in [2.05, 4.69) is 57.0 Å². The molecule has 1 fully saturated rings. The Labute approximate surface area is 183 Å². The van der Waals surface area contributed by atoms with Crippen molar-refractivity contribution in [2.24, 2.45) is 13.0 Å². The lowest BCUT2D eigenvalue weighted by Gasteiger charge is -2.34. The van der Waals surface area contributed by atoms with Crippen molar-refractivity contribution in [3.63, 3.8) is 0 Å². The van der Waals surface area contributed by atoms with Crippen molar-refractivity contribution in [3.05, 3.63) is 47.9 Å². The van der Waals surface area contributed by atoms with E-state index < -0.39 is 0 Å². The number of fused-ring (bicyclic) bond motifs is 1. The van der Waals surface area contributed by atoms with E-state index in [0.29, 0.717) is 5.92 Å². The summed E-state index contributed by atoms with van der Waals surface area (Å²) in [6.07, 6.45) is 6.36. The summed E-state index contributed by atoms with van der Waals surface area (Å²) in [5, 5.41) is 19.3. The number of likely N-dealkylation sites (tertiary alicyclic amines) is 1. The molecular weight excluding hydrogens is 388 g/mol. The van der Waals surface area contributed by atoms with Gasteiger partial charge in [0, 0.05) is 45.5 Å². The average molecular weight is 419 g/mol. The van der Waals surface area contributed by atoms with E-state index in [0.717, 1.165) is 60.5 Å². The summed E-state index contributed by atoms with van der Waals surface area (Å²) in [4.78, 5) is 13.3. The summed E-state index contributed by atoms with van der Waals surface area (Å²) in [7, 11) is 4.01. The van der Waals surface area contributed by atoms with Crippen LogP contribution in [0.5, 0.6) is 0 Å². The van der Waals surface area contributed by atoms with Gasteiger partial charge in [-0.05, 0) is 42.4 Å². The Morgan fingerprint density at radius 3 is 2.71 bits per heavy atom. The molecule has 1 saturated heterocycles. The third-order valence-electron chi connectivity index (χ3n) is 6.50. The van der Waals surface area contributed by atoms with Gasteiger partial charge in [-0.25, -0.2) is 9.97 Å². The normalized spacial score (nSPS) is 16.4. The van der Waals surface area contributed by atoms with Gasteiger partial charge in [0.25, 0.3) is 0 Å². The van der Waals surface area contributed by atoms with Gasteiger partial charge in [-0.1, -0.05) is 19.1 Å². The number of aryl methyl sites for hydroxylation is 2. The average Bonchev–Trinajstić information content (AvgIpc) is 3.19. The van der Waals surface area contributed by atoms with Gasteiger partial charge >= 0.3 is 0 Å². The smallest absolute Gasteiger partial charge is 0.134 e. The van der Waals surface area contributed by atoms with Gasteiger partial charge in [0.2, 0.25) is 0 Å². The molecule has 1 unspecified atom stereocenters. The molecule has 7 nitrogen and oxygen atoms in total. The first kappa shape index (κ1) is 21.3. The van der Waals surface area contributed by atoms with Crippen LogP contribution in [0.25, 0.3) is 11.0 Å². The first-order chi connectivity index (χ1) is 15.0. The van der Waals surface area contributed by atoms with Crippen LogP contribution in [0.1, 0.15) is 36.9 Å². The van der Waals surface area contributed by atoms with Crippen LogP contribution in [0, 0.1) is 17.2 Å². The Morgan fingerprint density at radius 1 is 1.26 bits per heavy atom. The summed E-state index contributed by atoms with van der Waals surface area (Å²) in [6.45, 7) is 4.08. The van der Waals surface area contributed by atoms with Crippen LogP contribution in [0.2, 0.25) is 0 Å². The molecule has 3 aromatic rings. The fourth-order valence-electron chi connectivity index (χ4n) is 4.47. The van der Waals surface area contributed by atoms with E-state index in [4.69, 9.17) is 0 Å². The number of benzene rings is 1. The van der Waals surface area contributed by atoms with Gasteiger partial charge < -0.3 is 14.6 Å². The molecule has 162 valence electrons. The summed E-state index contributed by atoms with van der Waals surface area (Å²) in [5.41, 5.74) is 5.25. The SMILES string of the molecule is CCc1cc(C(C#N)N2CCC(CO)CC2)ccc1N(C)c1cc2c(cn1)ncn2C. The molecule has 1 atom stereocenters. The van der Waals surface area contributed by atoms with Crippen LogP contribution < -0.4 is 4.90 Å². The predicted octanol–water partition coefficient (Wildman–Crippen LogP) is 3.57. The number of anilines is 2. The lowest BCUT2D eigenvalue weighted by molar-refractivity contribution is 0.116. The zero-order valence-electron chi connectivity index (χ0n) is 18.5. The number of nitriles is 1. The van der Waals surface area contributed by atoms with Gasteiger partial charge in [-0.15, -0.1) is 0 Å². The fraction of sp³-hybridized carbons (Fsp3) is 0.458. The van der Waals surface area contributed by atoms with Crippen molar-refractivity contribution in [2.75, 3.05) is 31.6 Å². The van der Waals surface area contributed by atoms with E-state index in [-0.39, 0.29) is 12.6 Å². The zero-order valence-corrected chi connectivity index (χ0v) is 18.5. The number of aromatic nitrogens is 3. The standard InChI is InChI=1S/C24H30N6O/c1-4-18-11-19(23(13-25)30-9-7-17(15-31)8-10-30)5-6-21(18)29(3)24-12-22-20(14-26-24)27-16-28(22)2/h5-6,11-12,14,16-17,23,31H,4,7-10,15H2,1-3H3. The van der Waals surface area contributed by atoms with Crippen molar-refractivity contribution in [3.8, 4) is 6.07 Å². The number of piperidine rings is 1. The highest BCUT2D eigenvalue weighted by Crippen LogP contribution is 2.32. The summed E-state index contributed by atoms with van der Waals surface area (Å²) in [5.74, 6) is 1.23. The van der Waals surface area contributed by atoms with Gasteiger partial charge in [0.05, 0.1) is 24.1 Å². The number of hydrogen-bond donors (Lipinski definition) is 1. The molecule has 1 aliphatic heterocycles. The molecule has 4 rings (SSSR count). The zero-order chi connectivity index (χ0) is 22.0. The Morgan fingerprint density at radius 2 is 2.03 bits per heavy atom. The van der Waals surface area contributed by atoms with Crippen LogP contribution in [-0.2, 0) is 13.5 Å². The first-order valence-electron chi connectivity index (χ1n) is 10.9. The number of pyridine rings is 1. The molecule has 0 aliphatic carbocycles. The molecule has 1 N–H and O–H groups in total. The number of nitrogens with zero attached hydrogens (tertiary/aromatic N) is 6. The molecule has 1 aromatic carbocycles. The third kappa shape index (κ3) is 4.14. The van der Waals surface area contributed by atoms with Crippen molar-refractivity contribution < 1.29 is 5.11 Å². The number of aliphatic hydroxyl groups excluding tert-OH is 1. The van der Waals surface area contributed by atoms with Gasteiger partial charge in [0.15, 0.2) is 0 Å². The lowest BCUT2D eigenvalue weighted by atomic mass is 9.94. The fourth-order valence-corrected chi connectivity index (χ4v) is 4.47. The topological polar surface area (TPSA) is 81.2 Å². The highest BCUT2D eigenvalue weighted by Gasteiger charge is 2.26. The minimum Gasteiger partial charge on any atom is -0.396 e. The van der Waals surface area contributed by atoms with E-state index in [1.165, 1.54) is 5.56 Å². The number of aliphatic hydroxyl groups is 1. The molecule has 7 heteroatoms. The maximum Gasteiger partial charge on any atom is 0.134 e. The monoisotopic (exact) mass is 418 g/mol. The molecule has 2 aromatic heterocycles. The molecule has 3 heterocycles. The largest absolute Gasteiger partial charge is 0.396 e. The Kier molecular flexibility index (Phi) is 6.21. The van der Waals surface area contributed by atoms with Crippen LogP contribution in [0.4, 0.5) is 11.5 Å². The van der Waals surface area contributed by atoms with Crippen molar-refractivity contribution in [2.45, 2.75) is 32.2 Å². The van der Waals surface area contributed by atoms with Crippen LogP contribution in [0.3, 0.4) is 0 Å². The van der Waals surface area contributed by atoms with E-state index in [9.17, 15) is 10.4 Å². The quantitative estimate of drug-likeness (QED) is 0.659. The van der Waals surface area contributed by atoms with E-state index >= 15 is 0 Å². The lowest BCUT2D eigenvalue weighted by Crippen LogP contribution is -2.37. The van der Waals surface area contributed by atoms with Gasteiger partial charge in [-0.2, -0.15) is 5.26 Å². The molecule has 31 heavy (non-hydrogen) atoms. The van der Waals surface area contributed by atoms with Crippen LogP contribution >= 0.6 is 0 Å². The second kappa shape index (κ2) is 9.04. The molecule has 0 spiro atoms. The van der Waals surface area contributed by atoms with Crippen LogP contribution in [0.15, 0.2) is 36.8 Å². The Bertz CT molecular complexity index is 1090. The highest BCUT2D eigenvalue weighted by atomic mass is 16.3. The van der Waals surface area contributed by atoms with Crippen molar-refractivity contribution >= 4 is 22.5 Å². The minimum atomic E-state index is -0.256. The molecule has 0 radical (unpaired) electrons.